The third-order valence-electron chi connectivity index (χ3n) is 10.6. The average Bonchev–Trinajstić information content (AvgIpc) is 3.68. The summed E-state index contributed by atoms with van der Waals surface area (Å²) < 4.78 is 107. The molecule has 4 bridgehead atoms. The van der Waals surface area contributed by atoms with E-state index in [1.165, 1.54) is 4.90 Å². The number of nitrogens with zero attached hydrogens (tertiary/aromatic N) is 1. The van der Waals surface area contributed by atoms with E-state index < -0.39 is 110 Å². The minimum atomic E-state index is -5.76. The minimum absolute atomic E-state index is 0.0728. The summed E-state index contributed by atoms with van der Waals surface area (Å²) in [4.78, 5) is 40.5. The lowest BCUT2D eigenvalue weighted by Crippen LogP contribution is -2.53. The number of amides is 1. The number of fused-ring (bicyclic) bond motifs is 2. The van der Waals surface area contributed by atoms with Crippen molar-refractivity contribution in [1.82, 2.24) is 4.90 Å². The molecular weight excluding hydrogens is 674 g/mol. The van der Waals surface area contributed by atoms with Gasteiger partial charge in [0.05, 0.1) is 24.0 Å². The lowest BCUT2D eigenvalue weighted by molar-refractivity contribution is -0.164. The van der Waals surface area contributed by atoms with Gasteiger partial charge in [-0.25, -0.2) is 8.78 Å². The molecule has 3 fully saturated rings. The fourth-order valence-electron chi connectivity index (χ4n) is 8.83. The second-order valence-electron chi connectivity index (χ2n) is 13.3. The molecule has 0 saturated carbocycles. The molecule has 7 atom stereocenters. The Morgan fingerprint density at radius 1 is 0.878 bits per heavy atom. The van der Waals surface area contributed by atoms with Gasteiger partial charge in [-0.3, -0.25) is 18.9 Å². The van der Waals surface area contributed by atoms with Crippen LogP contribution in [0.5, 0.6) is 5.75 Å². The molecule has 256 valence electrons. The predicted molar refractivity (Wildman–Crippen MR) is 158 cm³/mol. The molecule has 49 heavy (non-hydrogen) atoms. The topological polar surface area (TPSA) is 137 Å². The van der Waals surface area contributed by atoms with Crippen LogP contribution in [-0.2, 0) is 34.0 Å². The third-order valence-corrected chi connectivity index (χ3v) is 11.5. The first kappa shape index (κ1) is 31.9. The van der Waals surface area contributed by atoms with Crippen LogP contribution in [0, 0.1) is 41.0 Å². The van der Waals surface area contributed by atoms with E-state index >= 15 is 0 Å². The smallest absolute Gasteiger partial charge is 0.318 e. The number of halogens is 4. The Morgan fingerprint density at radius 3 is 1.96 bits per heavy atom. The largest absolute Gasteiger partial charge is 0.457 e. The molecule has 3 aliphatic carbocycles. The van der Waals surface area contributed by atoms with E-state index in [0.717, 1.165) is 22.3 Å². The van der Waals surface area contributed by atoms with Gasteiger partial charge in [0.1, 0.15) is 12.0 Å². The molecule has 15 heteroatoms. The lowest BCUT2D eigenvalue weighted by atomic mass is 9.59. The molecule has 0 spiro atoms. The van der Waals surface area contributed by atoms with Gasteiger partial charge in [0, 0.05) is 17.9 Å². The molecule has 10 nitrogen and oxygen atoms in total. The molecule has 1 amide bonds. The maximum atomic E-state index is 14.8. The molecule has 3 aromatic rings. The Labute approximate surface area is 276 Å². The van der Waals surface area contributed by atoms with Crippen LogP contribution in [-0.4, -0.2) is 66.1 Å². The summed E-state index contributed by atoms with van der Waals surface area (Å²) in [6.07, 6.45) is -3.08. The summed E-state index contributed by atoms with van der Waals surface area (Å²) in [7, 11) is -5.76. The summed E-state index contributed by atoms with van der Waals surface area (Å²) in [6, 6.07) is 14.5. The van der Waals surface area contributed by atoms with E-state index in [1.54, 1.807) is 13.8 Å². The minimum Gasteiger partial charge on any atom is -0.457 e. The van der Waals surface area contributed by atoms with Gasteiger partial charge in [-0.1, -0.05) is 48.5 Å². The van der Waals surface area contributed by atoms with Crippen molar-refractivity contribution in [2.75, 3.05) is 0 Å². The second kappa shape index (κ2) is 10.8. The third kappa shape index (κ3) is 4.37. The molecule has 3 aromatic carbocycles. The molecule has 3 heterocycles. The zero-order valence-corrected chi connectivity index (χ0v) is 26.5. The Hall–Kier alpha value is -4.34. The molecule has 3 saturated heterocycles. The summed E-state index contributed by atoms with van der Waals surface area (Å²) >= 11 is 0. The molecule has 1 N–H and O–H groups in total. The first-order valence-electron chi connectivity index (χ1n) is 15.6. The zero-order chi connectivity index (χ0) is 34.8. The normalized spacial score (nSPS) is 30.5. The van der Waals surface area contributed by atoms with Crippen LogP contribution in [0.1, 0.15) is 54.4 Å². The highest BCUT2D eigenvalue weighted by atomic mass is 32.2. The van der Waals surface area contributed by atoms with Gasteiger partial charge >= 0.3 is 22.1 Å². The van der Waals surface area contributed by atoms with E-state index in [2.05, 4.69) is 0 Å². The van der Waals surface area contributed by atoms with Crippen molar-refractivity contribution in [1.29, 1.82) is 0 Å². The molecule has 0 aromatic heterocycles. The van der Waals surface area contributed by atoms with Gasteiger partial charge in [-0.15, -0.1) is 0 Å². The molecule has 0 radical (unpaired) electrons. The van der Waals surface area contributed by atoms with Crippen LogP contribution in [0.25, 0.3) is 0 Å². The fraction of sp³-hybridized carbons (Fsp3) is 0.382. The second-order valence-corrected chi connectivity index (χ2v) is 14.6. The molecule has 3 aliphatic heterocycles. The van der Waals surface area contributed by atoms with Crippen LogP contribution >= 0.6 is 0 Å². The Kier molecular flexibility index (Phi) is 7.05. The fourth-order valence-corrected chi connectivity index (χ4v) is 9.46. The van der Waals surface area contributed by atoms with Gasteiger partial charge in [-0.05, 0) is 42.5 Å². The number of hydrogen-bond acceptors (Lipinski definition) is 8. The molecule has 9 rings (SSSR count). The summed E-state index contributed by atoms with van der Waals surface area (Å²) in [5, 5.41) is 0. The van der Waals surface area contributed by atoms with E-state index in [4.69, 9.17) is 18.8 Å². The van der Waals surface area contributed by atoms with Crippen LogP contribution in [0.4, 0.5) is 17.6 Å². The number of carbonyl (C=O) groups is 3. The monoisotopic (exact) mass is 701 g/mol. The van der Waals surface area contributed by atoms with Crippen molar-refractivity contribution in [2.45, 2.75) is 67.4 Å². The zero-order valence-electron chi connectivity index (χ0n) is 25.7. The average molecular weight is 702 g/mol. The van der Waals surface area contributed by atoms with Crippen LogP contribution < -0.4 is 4.74 Å². The van der Waals surface area contributed by atoms with Crippen molar-refractivity contribution in [3.8, 4) is 5.75 Å². The predicted octanol–water partition coefficient (Wildman–Crippen LogP) is 4.24. The summed E-state index contributed by atoms with van der Waals surface area (Å²) in [6.45, 7) is 3.42. The number of rotatable bonds is 6. The number of hydrogen-bond donors (Lipinski definition) is 1. The van der Waals surface area contributed by atoms with Crippen molar-refractivity contribution in [2.24, 2.45) is 17.8 Å². The van der Waals surface area contributed by atoms with Gasteiger partial charge < -0.3 is 19.1 Å². The van der Waals surface area contributed by atoms with E-state index in [0.29, 0.717) is 6.42 Å². The van der Waals surface area contributed by atoms with Crippen molar-refractivity contribution >= 4 is 28.0 Å². The Balaban J connectivity index is 1.12. The van der Waals surface area contributed by atoms with E-state index in [-0.39, 0.29) is 11.8 Å². The van der Waals surface area contributed by atoms with Crippen LogP contribution in [0.2, 0.25) is 0 Å². The number of likely N-dealkylation sites (tertiary alicyclic amines) is 1. The van der Waals surface area contributed by atoms with Crippen LogP contribution in [0.15, 0.2) is 53.4 Å². The van der Waals surface area contributed by atoms with Crippen molar-refractivity contribution < 1.29 is 59.1 Å². The molecular formula is C34H27F4NO9S. The van der Waals surface area contributed by atoms with Crippen LogP contribution in [0.3, 0.4) is 0 Å². The summed E-state index contributed by atoms with van der Waals surface area (Å²) in [5.74, 6) is -18.3. The SMILES string of the molecule is CC(C)N1C(=O)C2C3OC(C(OC(=O)C4CC5c6ccccc6C4c4ccccc45)C31)C2C(=O)Oc1c(F)c(F)c(S(=O)(=O)O)c(F)c1F. The molecule has 7 unspecified atom stereocenters. The van der Waals surface area contributed by atoms with Gasteiger partial charge in [0.15, 0.2) is 22.6 Å². The van der Waals surface area contributed by atoms with Gasteiger partial charge in [0.2, 0.25) is 23.3 Å². The number of esters is 2. The maximum Gasteiger partial charge on any atom is 0.318 e. The van der Waals surface area contributed by atoms with E-state index in [1.807, 2.05) is 48.5 Å². The van der Waals surface area contributed by atoms with E-state index in [9.17, 15) is 40.4 Å². The Morgan fingerprint density at radius 2 is 1.43 bits per heavy atom. The van der Waals surface area contributed by atoms with Crippen molar-refractivity contribution in [3.05, 3.63) is 94.1 Å². The van der Waals surface area contributed by atoms with Crippen molar-refractivity contribution in [3.63, 3.8) is 0 Å². The first-order chi connectivity index (χ1) is 23.2. The number of ether oxygens (including phenoxy) is 3. The quantitative estimate of drug-likeness (QED) is 0.132. The number of benzene rings is 3. The first-order valence-corrected chi connectivity index (χ1v) is 17.1. The van der Waals surface area contributed by atoms with Gasteiger partial charge in [0.25, 0.3) is 0 Å². The standard InChI is InChI=1S/C34H27F4NO9S/c1-12(2)39-26-27-20(32(39)40)21(34(42)47-29-22(35)24(37)31(49(43,44)45)25(38)23(29)36)28(46-27)30(26)48-33(41)18-11-17-13-7-3-5-9-15(13)19(18)16-10-6-4-8-14(16)17/h3-10,12,17-21,26-28,30H,11H2,1-2H3,(H,43,44,45). The highest BCUT2D eigenvalue weighted by Crippen LogP contribution is 2.57. The maximum absolute atomic E-state index is 14.8. The summed E-state index contributed by atoms with van der Waals surface area (Å²) in [5.41, 5.74) is 4.23. The molecule has 6 aliphatic rings. The highest BCUT2D eigenvalue weighted by Gasteiger charge is 2.73. The lowest BCUT2D eigenvalue weighted by Gasteiger charge is -2.45. The Bertz CT molecular complexity index is 2010. The number of carbonyl (C=O) groups excluding carboxylic acids is 3. The van der Waals surface area contributed by atoms with Gasteiger partial charge in [-0.2, -0.15) is 17.2 Å². The highest BCUT2D eigenvalue weighted by molar-refractivity contribution is 7.85.